The van der Waals surface area contributed by atoms with Crippen molar-refractivity contribution in [2.75, 3.05) is 11.9 Å². The van der Waals surface area contributed by atoms with E-state index in [0.717, 1.165) is 32.1 Å². The molecule has 0 spiro atoms. The van der Waals surface area contributed by atoms with Gasteiger partial charge in [0.05, 0.1) is 4.90 Å². The number of hydrogen-bond acceptors (Lipinski definition) is 3. The zero-order valence-electron chi connectivity index (χ0n) is 15.8. The van der Waals surface area contributed by atoms with E-state index in [4.69, 9.17) is 0 Å². The van der Waals surface area contributed by atoms with Crippen molar-refractivity contribution in [1.29, 1.82) is 0 Å². The number of hydrogen-bond donors (Lipinski definition) is 1. The number of fused-ring (bicyclic) bond motifs is 2. The van der Waals surface area contributed by atoms with Crippen LogP contribution in [0.5, 0.6) is 0 Å². The molecule has 6 heteroatoms. The van der Waals surface area contributed by atoms with Crippen molar-refractivity contribution in [2.45, 2.75) is 63.8 Å². The maximum Gasteiger partial charge on any atom is 0.243 e. The first-order valence-electron chi connectivity index (χ1n) is 9.51. The molecule has 1 N–H and O–H groups in total. The molecule has 2 aliphatic carbocycles. The number of amides is 1. The van der Waals surface area contributed by atoms with Crippen LogP contribution in [-0.4, -0.2) is 31.2 Å². The molecule has 1 aromatic rings. The third-order valence-electron chi connectivity index (χ3n) is 6.02. The van der Waals surface area contributed by atoms with Gasteiger partial charge in [-0.15, -0.1) is 0 Å². The van der Waals surface area contributed by atoms with Gasteiger partial charge in [-0.05, 0) is 61.1 Å². The molecule has 3 fully saturated rings. The maximum atomic E-state index is 13.3. The molecule has 1 saturated heterocycles. The highest BCUT2D eigenvalue weighted by Crippen LogP contribution is 2.53. The number of sulfonamides is 1. The Hall–Kier alpha value is -1.40. The number of carbonyl (C=O) groups is 1. The first-order chi connectivity index (χ1) is 12.1. The van der Waals surface area contributed by atoms with E-state index >= 15 is 0 Å². The highest BCUT2D eigenvalue weighted by molar-refractivity contribution is 7.89. The minimum Gasteiger partial charge on any atom is -0.326 e. The standard InChI is InChI=1S/C20H28N2O3S/c1-19(2)10-16-11-20(3,12-19)13-22(16)26(24,25)17-6-4-5-15(9-17)21-18(23)14-7-8-14/h4-6,9,14,16H,7-8,10-13H2,1-3H3,(H,21,23)/t16-,20-/m1/s1. The van der Waals surface area contributed by atoms with Gasteiger partial charge in [0.15, 0.2) is 0 Å². The van der Waals surface area contributed by atoms with Crippen molar-refractivity contribution in [3.8, 4) is 0 Å². The lowest BCUT2D eigenvalue weighted by atomic mass is 9.65. The summed E-state index contributed by atoms with van der Waals surface area (Å²) in [7, 11) is -3.56. The molecule has 0 radical (unpaired) electrons. The maximum absolute atomic E-state index is 13.3. The SMILES string of the molecule is CC1(C)C[C@@H]2C[C@@](C)(CN2S(=O)(=O)c2cccc(NC(=O)C3CC3)c2)C1. The molecule has 1 aromatic carbocycles. The van der Waals surface area contributed by atoms with E-state index in [1.807, 2.05) is 0 Å². The largest absolute Gasteiger partial charge is 0.326 e. The van der Waals surface area contributed by atoms with Gasteiger partial charge in [-0.2, -0.15) is 4.31 Å². The molecule has 142 valence electrons. The lowest BCUT2D eigenvalue weighted by Crippen LogP contribution is -2.37. The van der Waals surface area contributed by atoms with Crippen LogP contribution in [0.25, 0.3) is 0 Å². The summed E-state index contributed by atoms with van der Waals surface area (Å²) in [6.07, 6.45) is 4.75. The van der Waals surface area contributed by atoms with Crippen LogP contribution in [0.4, 0.5) is 5.69 Å². The van der Waals surface area contributed by atoms with Gasteiger partial charge in [0.2, 0.25) is 15.9 Å². The van der Waals surface area contributed by atoms with Crippen molar-refractivity contribution >= 4 is 21.6 Å². The summed E-state index contributed by atoms with van der Waals surface area (Å²) in [6.45, 7) is 7.27. The second-order valence-electron chi connectivity index (χ2n) is 9.56. The van der Waals surface area contributed by atoms with Crippen LogP contribution >= 0.6 is 0 Å². The van der Waals surface area contributed by atoms with Crippen LogP contribution in [-0.2, 0) is 14.8 Å². The van der Waals surface area contributed by atoms with Crippen LogP contribution in [0.2, 0.25) is 0 Å². The zero-order valence-corrected chi connectivity index (χ0v) is 16.6. The van der Waals surface area contributed by atoms with Gasteiger partial charge in [0, 0.05) is 24.2 Å². The molecule has 26 heavy (non-hydrogen) atoms. The Morgan fingerprint density at radius 1 is 1.19 bits per heavy atom. The molecule has 2 saturated carbocycles. The van der Waals surface area contributed by atoms with Gasteiger partial charge in [0.1, 0.15) is 0 Å². The summed E-state index contributed by atoms with van der Waals surface area (Å²) in [5, 5.41) is 2.85. The Balaban J connectivity index is 1.60. The minimum atomic E-state index is -3.56. The van der Waals surface area contributed by atoms with Crippen LogP contribution in [0.3, 0.4) is 0 Å². The van der Waals surface area contributed by atoms with E-state index in [2.05, 4.69) is 26.1 Å². The molecule has 0 unspecified atom stereocenters. The normalized spacial score (nSPS) is 31.0. The molecular formula is C20H28N2O3S. The summed E-state index contributed by atoms with van der Waals surface area (Å²) in [5.41, 5.74) is 0.788. The van der Waals surface area contributed by atoms with Gasteiger partial charge in [-0.3, -0.25) is 4.79 Å². The Bertz CT molecular complexity index is 844. The first-order valence-corrected chi connectivity index (χ1v) is 10.9. The van der Waals surface area contributed by atoms with Crippen molar-refractivity contribution in [2.24, 2.45) is 16.7 Å². The second-order valence-corrected chi connectivity index (χ2v) is 11.4. The van der Waals surface area contributed by atoms with Crippen LogP contribution in [0.15, 0.2) is 29.2 Å². The summed E-state index contributed by atoms with van der Waals surface area (Å²) in [5.74, 6) is 0.0844. The van der Waals surface area contributed by atoms with E-state index in [9.17, 15) is 13.2 Å². The fourth-order valence-corrected chi connectivity index (χ4v) is 6.97. The number of nitrogens with one attached hydrogen (secondary N) is 1. The van der Waals surface area contributed by atoms with Crippen LogP contribution in [0, 0.1) is 16.7 Å². The fourth-order valence-electron chi connectivity index (χ4n) is 5.15. The molecule has 2 bridgehead atoms. The van der Waals surface area contributed by atoms with E-state index in [1.165, 1.54) is 0 Å². The summed E-state index contributed by atoms with van der Waals surface area (Å²) in [4.78, 5) is 12.3. The molecule has 1 heterocycles. The molecule has 1 amide bonds. The number of anilines is 1. The molecule has 4 rings (SSSR count). The second kappa shape index (κ2) is 5.80. The monoisotopic (exact) mass is 376 g/mol. The number of carbonyl (C=O) groups excluding carboxylic acids is 1. The predicted octanol–water partition coefficient (Wildman–Crippen LogP) is 3.62. The molecule has 1 aliphatic heterocycles. The number of nitrogens with zero attached hydrogens (tertiary/aromatic N) is 1. The van der Waals surface area contributed by atoms with Crippen LogP contribution in [0.1, 0.15) is 52.9 Å². The van der Waals surface area contributed by atoms with Gasteiger partial charge in [-0.25, -0.2) is 8.42 Å². The van der Waals surface area contributed by atoms with E-state index in [0.29, 0.717) is 12.2 Å². The highest BCUT2D eigenvalue weighted by Gasteiger charge is 2.53. The Morgan fingerprint density at radius 2 is 1.92 bits per heavy atom. The molecule has 0 aromatic heterocycles. The van der Waals surface area contributed by atoms with Gasteiger partial charge >= 0.3 is 0 Å². The lowest BCUT2D eigenvalue weighted by Gasteiger charge is -2.39. The zero-order chi connectivity index (χ0) is 18.7. The molecular weight excluding hydrogens is 348 g/mol. The average Bonchev–Trinajstić information content (AvgIpc) is 3.32. The summed E-state index contributed by atoms with van der Waals surface area (Å²) >= 11 is 0. The Morgan fingerprint density at radius 3 is 2.62 bits per heavy atom. The fraction of sp³-hybridized carbons (Fsp3) is 0.650. The third-order valence-corrected chi connectivity index (χ3v) is 7.92. The molecule has 3 aliphatic rings. The van der Waals surface area contributed by atoms with Crippen molar-refractivity contribution < 1.29 is 13.2 Å². The quantitative estimate of drug-likeness (QED) is 0.873. The first kappa shape index (κ1) is 18.0. The number of benzene rings is 1. The smallest absolute Gasteiger partial charge is 0.243 e. The molecule has 2 atom stereocenters. The van der Waals surface area contributed by atoms with Crippen LogP contribution < -0.4 is 5.32 Å². The Labute approximate surface area is 156 Å². The third kappa shape index (κ3) is 3.29. The predicted molar refractivity (Wildman–Crippen MR) is 101 cm³/mol. The van der Waals surface area contributed by atoms with Crippen molar-refractivity contribution in [1.82, 2.24) is 4.31 Å². The highest BCUT2D eigenvalue weighted by atomic mass is 32.2. The molecule has 5 nitrogen and oxygen atoms in total. The summed E-state index contributed by atoms with van der Waals surface area (Å²) < 4.78 is 28.4. The van der Waals surface area contributed by atoms with Gasteiger partial charge in [-0.1, -0.05) is 26.8 Å². The van der Waals surface area contributed by atoms with Gasteiger partial charge in [0.25, 0.3) is 0 Å². The lowest BCUT2D eigenvalue weighted by molar-refractivity contribution is -0.117. The van der Waals surface area contributed by atoms with E-state index < -0.39 is 10.0 Å². The average molecular weight is 377 g/mol. The minimum absolute atomic E-state index is 0.00848. The van der Waals surface area contributed by atoms with E-state index in [-0.39, 0.29) is 33.6 Å². The number of rotatable bonds is 4. The topological polar surface area (TPSA) is 66.5 Å². The van der Waals surface area contributed by atoms with E-state index in [1.54, 1.807) is 28.6 Å². The van der Waals surface area contributed by atoms with Crippen molar-refractivity contribution in [3.05, 3.63) is 24.3 Å². The Kier molecular flexibility index (Phi) is 4.01. The van der Waals surface area contributed by atoms with Crippen molar-refractivity contribution in [3.63, 3.8) is 0 Å². The summed E-state index contributed by atoms with van der Waals surface area (Å²) in [6, 6.07) is 6.77. The van der Waals surface area contributed by atoms with Gasteiger partial charge < -0.3 is 5.32 Å².